The van der Waals surface area contributed by atoms with Crippen molar-refractivity contribution in [3.8, 4) is 0 Å². The zero-order valence-electron chi connectivity index (χ0n) is 11.7. The van der Waals surface area contributed by atoms with E-state index in [-0.39, 0.29) is 12.5 Å². The van der Waals surface area contributed by atoms with Crippen LogP contribution in [0, 0.1) is 0 Å². The lowest BCUT2D eigenvalue weighted by Gasteiger charge is -2.16. The van der Waals surface area contributed by atoms with E-state index in [9.17, 15) is 9.90 Å². The normalized spacial score (nSPS) is 12.2. The molecular formula is C15H19N3O2. The molecule has 106 valence electrons. The van der Waals surface area contributed by atoms with E-state index in [4.69, 9.17) is 0 Å². The van der Waals surface area contributed by atoms with Crippen LogP contribution in [0.2, 0.25) is 0 Å². The van der Waals surface area contributed by atoms with E-state index in [1.165, 1.54) is 0 Å². The Bertz CT molecular complexity index is 578. The molecule has 5 heteroatoms. The highest BCUT2D eigenvalue weighted by molar-refractivity contribution is 5.93. The third-order valence-corrected chi connectivity index (χ3v) is 3.22. The Morgan fingerprint density at radius 3 is 2.65 bits per heavy atom. The van der Waals surface area contributed by atoms with Gasteiger partial charge in [-0.25, -0.2) is 0 Å². The van der Waals surface area contributed by atoms with E-state index in [0.29, 0.717) is 5.69 Å². The van der Waals surface area contributed by atoms with Crippen molar-refractivity contribution >= 4 is 5.91 Å². The number of benzene rings is 1. The van der Waals surface area contributed by atoms with Crippen molar-refractivity contribution in [3.63, 3.8) is 0 Å². The molecule has 0 spiro atoms. The second-order valence-corrected chi connectivity index (χ2v) is 4.62. The molecule has 2 aromatic rings. The molecule has 0 aliphatic heterocycles. The minimum atomic E-state index is -0.413. The molecule has 2 rings (SSSR count). The Labute approximate surface area is 118 Å². The molecule has 1 aromatic heterocycles. The van der Waals surface area contributed by atoms with Gasteiger partial charge in [0.05, 0.1) is 18.3 Å². The molecule has 0 bridgehead atoms. The highest BCUT2D eigenvalue weighted by Crippen LogP contribution is 2.13. The van der Waals surface area contributed by atoms with Crippen molar-refractivity contribution in [3.05, 3.63) is 53.3 Å². The van der Waals surface area contributed by atoms with Crippen LogP contribution in [-0.2, 0) is 13.5 Å². The topological polar surface area (TPSA) is 67.2 Å². The lowest BCUT2D eigenvalue weighted by Crippen LogP contribution is -2.32. The van der Waals surface area contributed by atoms with E-state index >= 15 is 0 Å². The predicted molar refractivity (Wildman–Crippen MR) is 76.3 cm³/mol. The van der Waals surface area contributed by atoms with Gasteiger partial charge in [0.1, 0.15) is 5.69 Å². The van der Waals surface area contributed by atoms with Crippen molar-refractivity contribution in [2.45, 2.75) is 19.4 Å². The summed E-state index contributed by atoms with van der Waals surface area (Å²) >= 11 is 0. The molecule has 0 aliphatic carbocycles. The first-order valence-corrected chi connectivity index (χ1v) is 6.65. The van der Waals surface area contributed by atoms with Gasteiger partial charge in [-0.3, -0.25) is 9.48 Å². The molecular weight excluding hydrogens is 254 g/mol. The summed E-state index contributed by atoms with van der Waals surface area (Å²) in [4.78, 5) is 12.3. The molecule has 20 heavy (non-hydrogen) atoms. The average Bonchev–Trinajstić information content (AvgIpc) is 2.86. The molecule has 2 N–H and O–H groups in total. The standard InChI is InChI=1S/C15H19N3O2/c1-3-12-9-14(18(2)17-12)15(20)16-13(10-19)11-7-5-4-6-8-11/h4-9,13,19H,3,10H2,1-2H3,(H,16,20)/t13-/m0/s1. The van der Waals surface area contributed by atoms with E-state index in [1.54, 1.807) is 17.8 Å². The molecule has 1 aromatic carbocycles. The Hall–Kier alpha value is -2.14. The van der Waals surface area contributed by atoms with Gasteiger partial charge in [-0.05, 0) is 18.1 Å². The third-order valence-electron chi connectivity index (χ3n) is 3.22. The number of amides is 1. The van der Waals surface area contributed by atoms with Crippen LogP contribution in [-0.4, -0.2) is 27.4 Å². The largest absolute Gasteiger partial charge is 0.394 e. The van der Waals surface area contributed by atoms with Crippen molar-refractivity contribution < 1.29 is 9.90 Å². The van der Waals surface area contributed by atoms with Gasteiger partial charge < -0.3 is 10.4 Å². The lowest BCUT2D eigenvalue weighted by atomic mass is 10.1. The molecule has 0 radical (unpaired) electrons. The highest BCUT2D eigenvalue weighted by Gasteiger charge is 2.18. The van der Waals surface area contributed by atoms with Crippen molar-refractivity contribution in [2.75, 3.05) is 6.61 Å². The van der Waals surface area contributed by atoms with Gasteiger partial charge in [-0.1, -0.05) is 37.3 Å². The van der Waals surface area contributed by atoms with Gasteiger partial charge in [0.15, 0.2) is 0 Å². The molecule has 0 aliphatic rings. The molecule has 1 heterocycles. The SMILES string of the molecule is CCc1cc(C(=O)N[C@@H](CO)c2ccccc2)n(C)n1. The van der Waals surface area contributed by atoms with Crippen LogP contribution in [0.5, 0.6) is 0 Å². The molecule has 0 saturated heterocycles. The minimum Gasteiger partial charge on any atom is -0.394 e. The van der Waals surface area contributed by atoms with Crippen LogP contribution in [0.25, 0.3) is 0 Å². The molecule has 5 nitrogen and oxygen atoms in total. The monoisotopic (exact) mass is 273 g/mol. The van der Waals surface area contributed by atoms with Gasteiger partial charge in [0.25, 0.3) is 5.91 Å². The first kappa shape index (κ1) is 14.3. The zero-order chi connectivity index (χ0) is 14.5. The Balaban J connectivity index is 2.15. The Morgan fingerprint density at radius 2 is 2.10 bits per heavy atom. The summed E-state index contributed by atoms with van der Waals surface area (Å²) in [6.07, 6.45) is 0.781. The quantitative estimate of drug-likeness (QED) is 0.866. The van der Waals surface area contributed by atoms with Gasteiger partial charge in [0.2, 0.25) is 0 Å². The minimum absolute atomic E-state index is 0.145. The zero-order valence-corrected chi connectivity index (χ0v) is 11.7. The number of hydrogen-bond donors (Lipinski definition) is 2. The number of hydrogen-bond acceptors (Lipinski definition) is 3. The number of carbonyl (C=O) groups is 1. The van der Waals surface area contributed by atoms with Gasteiger partial charge >= 0.3 is 0 Å². The van der Waals surface area contributed by atoms with Crippen LogP contribution in [0.1, 0.15) is 34.7 Å². The smallest absolute Gasteiger partial charge is 0.270 e. The number of aliphatic hydroxyl groups is 1. The molecule has 0 unspecified atom stereocenters. The summed E-state index contributed by atoms with van der Waals surface area (Å²) in [5.74, 6) is -0.234. The van der Waals surface area contributed by atoms with Gasteiger partial charge in [-0.2, -0.15) is 5.10 Å². The second-order valence-electron chi connectivity index (χ2n) is 4.62. The summed E-state index contributed by atoms with van der Waals surface area (Å²) in [6.45, 7) is 1.85. The fourth-order valence-electron chi connectivity index (χ4n) is 2.06. The summed E-state index contributed by atoms with van der Waals surface area (Å²) < 4.78 is 1.56. The molecule has 1 amide bonds. The van der Waals surface area contributed by atoms with Crippen LogP contribution in [0.15, 0.2) is 36.4 Å². The first-order chi connectivity index (χ1) is 9.65. The summed E-state index contributed by atoms with van der Waals surface area (Å²) in [5, 5.41) is 16.5. The summed E-state index contributed by atoms with van der Waals surface area (Å²) in [5.41, 5.74) is 2.25. The maximum atomic E-state index is 12.3. The fraction of sp³-hybridized carbons (Fsp3) is 0.333. The maximum Gasteiger partial charge on any atom is 0.270 e. The van der Waals surface area contributed by atoms with Crippen LogP contribution >= 0.6 is 0 Å². The number of nitrogens with zero attached hydrogens (tertiary/aromatic N) is 2. The molecule has 0 saturated carbocycles. The number of nitrogens with one attached hydrogen (secondary N) is 1. The van der Waals surface area contributed by atoms with Crippen molar-refractivity contribution in [1.82, 2.24) is 15.1 Å². The van der Waals surface area contributed by atoms with E-state index < -0.39 is 6.04 Å². The lowest BCUT2D eigenvalue weighted by molar-refractivity contribution is 0.0906. The number of aliphatic hydroxyl groups excluding tert-OH is 1. The van der Waals surface area contributed by atoms with Crippen LogP contribution in [0.3, 0.4) is 0 Å². The van der Waals surface area contributed by atoms with Gasteiger partial charge in [0, 0.05) is 7.05 Å². The number of aryl methyl sites for hydroxylation is 2. The fourth-order valence-corrected chi connectivity index (χ4v) is 2.06. The van der Waals surface area contributed by atoms with Gasteiger partial charge in [-0.15, -0.1) is 0 Å². The average molecular weight is 273 g/mol. The van der Waals surface area contributed by atoms with Crippen molar-refractivity contribution in [2.24, 2.45) is 7.05 Å². The van der Waals surface area contributed by atoms with E-state index in [1.807, 2.05) is 37.3 Å². The van der Waals surface area contributed by atoms with Crippen LogP contribution < -0.4 is 5.32 Å². The third kappa shape index (κ3) is 3.05. The Kier molecular flexibility index (Phi) is 4.53. The number of rotatable bonds is 5. The maximum absolute atomic E-state index is 12.3. The van der Waals surface area contributed by atoms with Crippen molar-refractivity contribution in [1.29, 1.82) is 0 Å². The Morgan fingerprint density at radius 1 is 1.40 bits per heavy atom. The molecule has 0 fully saturated rings. The number of carbonyl (C=O) groups excluding carboxylic acids is 1. The summed E-state index contributed by atoms with van der Waals surface area (Å²) in [6, 6.07) is 10.8. The van der Waals surface area contributed by atoms with E-state index in [2.05, 4.69) is 10.4 Å². The van der Waals surface area contributed by atoms with E-state index in [0.717, 1.165) is 17.7 Å². The van der Waals surface area contributed by atoms with Crippen LogP contribution in [0.4, 0.5) is 0 Å². The summed E-state index contributed by atoms with van der Waals surface area (Å²) in [7, 11) is 1.74. The molecule has 1 atom stereocenters. The number of aromatic nitrogens is 2. The predicted octanol–water partition coefficient (Wildman–Crippen LogP) is 1.45. The highest BCUT2D eigenvalue weighted by atomic mass is 16.3. The first-order valence-electron chi connectivity index (χ1n) is 6.65. The second kappa shape index (κ2) is 6.34.